The molecule has 1 unspecified atom stereocenters. The summed E-state index contributed by atoms with van der Waals surface area (Å²) in [7, 11) is 0. The van der Waals surface area contributed by atoms with Gasteiger partial charge in [0.15, 0.2) is 5.69 Å². The minimum absolute atomic E-state index is 0.00265. The number of amides is 1. The van der Waals surface area contributed by atoms with Crippen molar-refractivity contribution in [3.05, 3.63) is 83.7 Å². The standard InChI is InChI=1S/C20H21N3O2/c1-15-14-19(22-23(15)17-10-6-3-7-11-17)20(25)21-18(12-13-24)16-8-4-2-5-9-16/h2-11,14,18,24H,12-13H2,1H3,(H,21,25). The maximum absolute atomic E-state index is 12.6. The molecule has 1 heterocycles. The molecular weight excluding hydrogens is 314 g/mol. The number of para-hydroxylation sites is 1. The molecule has 3 rings (SSSR count). The second kappa shape index (κ2) is 7.77. The van der Waals surface area contributed by atoms with Gasteiger partial charge in [-0.25, -0.2) is 4.68 Å². The van der Waals surface area contributed by atoms with Gasteiger partial charge in [0.1, 0.15) is 0 Å². The van der Waals surface area contributed by atoms with Gasteiger partial charge in [0, 0.05) is 12.3 Å². The Kier molecular flexibility index (Phi) is 5.26. The molecule has 0 saturated heterocycles. The zero-order valence-corrected chi connectivity index (χ0v) is 14.1. The minimum atomic E-state index is -0.250. The fraction of sp³-hybridized carbons (Fsp3) is 0.200. The molecule has 0 aliphatic heterocycles. The summed E-state index contributed by atoms with van der Waals surface area (Å²) in [4.78, 5) is 12.6. The van der Waals surface area contributed by atoms with E-state index >= 15 is 0 Å². The summed E-state index contributed by atoms with van der Waals surface area (Å²) in [6, 6.07) is 20.8. The number of aryl methyl sites for hydroxylation is 1. The topological polar surface area (TPSA) is 67.2 Å². The molecule has 2 N–H and O–H groups in total. The molecule has 2 aromatic carbocycles. The van der Waals surface area contributed by atoms with Crippen LogP contribution in [0.3, 0.4) is 0 Å². The molecule has 0 bridgehead atoms. The Labute approximate surface area is 146 Å². The molecule has 0 fully saturated rings. The van der Waals surface area contributed by atoms with Gasteiger partial charge in [0.25, 0.3) is 5.91 Å². The highest BCUT2D eigenvalue weighted by atomic mass is 16.3. The van der Waals surface area contributed by atoms with Crippen LogP contribution in [0.25, 0.3) is 5.69 Å². The molecule has 0 aliphatic rings. The summed E-state index contributed by atoms with van der Waals surface area (Å²) in [6.07, 6.45) is 0.453. The fourth-order valence-corrected chi connectivity index (χ4v) is 2.78. The Hall–Kier alpha value is -2.92. The number of aliphatic hydroxyl groups excluding tert-OH is 1. The minimum Gasteiger partial charge on any atom is -0.396 e. The van der Waals surface area contributed by atoms with Crippen LogP contribution in [0.5, 0.6) is 0 Å². The number of hydrogen-bond donors (Lipinski definition) is 2. The Morgan fingerprint density at radius 3 is 2.40 bits per heavy atom. The van der Waals surface area contributed by atoms with Crippen molar-refractivity contribution in [3.8, 4) is 5.69 Å². The monoisotopic (exact) mass is 335 g/mol. The maximum Gasteiger partial charge on any atom is 0.272 e. The van der Waals surface area contributed by atoms with Crippen LogP contribution in [0.4, 0.5) is 0 Å². The average Bonchev–Trinajstić information content (AvgIpc) is 3.05. The molecule has 128 valence electrons. The quantitative estimate of drug-likeness (QED) is 0.727. The highest BCUT2D eigenvalue weighted by molar-refractivity contribution is 5.92. The van der Waals surface area contributed by atoms with Gasteiger partial charge in [-0.1, -0.05) is 48.5 Å². The molecule has 1 amide bonds. The zero-order chi connectivity index (χ0) is 17.6. The van der Waals surface area contributed by atoms with Crippen molar-refractivity contribution in [2.75, 3.05) is 6.61 Å². The molecule has 0 saturated carbocycles. The molecule has 0 radical (unpaired) electrons. The van der Waals surface area contributed by atoms with Crippen LogP contribution in [-0.4, -0.2) is 27.4 Å². The SMILES string of the molecule is Cc1cc(C(=O)NC(CCO)c2ccccc2)nn1-c1ccccc1. The third-order valence-electron chi connectivity index (χ3n) is 4.05. The van der Waals surface area contributed by atoms with E-state index in [9.17, 15) is 9.90 Å². The molecule has 3 aromatic rings. The Morgan fingerprint density at radius 1 is 1.12 bits per heavy atom. The lowest BCUT2D eigenvalue weighted by molar-refractivity contribution is 0.0924. The molecule has 1 atom stereocenters. The Balaban J connectivity index is 1.81. The number of nitrogens with one attached hydrogen (secondary N) is 1. The second-order valence-electron chi connectivity index (χ2n) is 5.87. The van der Waals surface area contributed by atoms with Crippen LogP contribution in [-0.2, 0) is 0 Å². The van der Waals surface area contributed by atoms with Gasteiger partial charge in [0.05, 0.1) is 11.7 Å². The van der Waals surface area contributed by atoms with Crippen molar-refractivity contribution in [1.29, 1.82) is 0 Å². The third kappa shape index (κ3) is 3.95. The number of carbonyl (C=O) groups excluding carboxylic acids is 1. The van der Waals surface area contributed by atoms with E-state index in [0.717, 1.165) is 16.9 Å². The van der Waals surface area contributed by atoms with Crippen LogP contribution in [0.15, 0.2) is 66.7 Å². The van der Waals surface area contributed by atoms with E-state index in [-0.39, 0.29) is 18.6 Å². The van der Waals surface area contributed by atoms with Gasteiger partial charge < -0.3 is 10.4 Å². The van der Waals surface area contributed by atoms with Crippen LogP contribution in [0.1, 0.15) is 34.2 Å². The van der Waals surface area contributed by atoms with Crippen LogP contribution in [0, 0.1) is 6.92 Å². The van der Waals surface area contributed by atoms with Crippen molar-refractivity contribution in [3.63, 3.8) is 0 Å². The maximum atomic E-state index is 12.6. The van der Waals surface area contributed by atoms with Crippen molar-refractivity contribution in [2.45, 2.75) is 19.4 Å². The van der Waals surface area contributed by atoms with E-state index in [2.05, 4.69) is 10.4 Å². The van der Waals surface area contributed by atoms with E-state index in [1.807, 2.05) is 67.6 Å². The van der Waals surface area contributed by atoms with Crippen molar-refractivity contribution in [1.82, 2.24) is 15.1 Å². The molecular formula is C20H21N3O2. The third-order valence-corrected chi connectivity index (χ3v) is 4.05. The number of nitrogens with zero attached hydrogens (tertiary/aromatic N) is 2. The highest BCUT2D eigenvalue weighted by Crippen LogP contribution is 2.18. The first-order valence-electron chi connectivity index (χ1n) is 8.28. The first-order chi connectivity index (χ1) is 12.2. The number of aromatic nitrogens is 2. The first kappa shape index (κ1) is 16.9. The molecule has 0 spiro atoms. The van der Waals surface area contributed by atoms with E-state index < -0.39 is 0 Å². The largest absolute Gasteiger partial charge is 0.396 e. The van der Waals surface area contributed by atoms with Crippen LogP contribution < -0.4 is 5.32 Å². The second-order valence-corrected chi connectivity index (χ2v) is 5.87. The fourth-order valence-electron chi connectivity index (χ4n) is 2.78. The zero-order valence-electron chi connectivity index (χ0n) is 14.1. The number of benzene rings is 2. The van der Waals surface area contributed by atoms with Crippen LogP contribution in [0.2, 0.25) is 0 Å². The number of rotatable bonds is 6. The van der Waals surface area contributed by atoms with Crippen LogP contribution >= 0.6 is 0 Å². The summed E-state index contributed by atoms with van der Waals surface area (Å²) < 4.78 is 1.75. The lowest BCUT2D eigenvalue weighted by Crippen LogP contribution is -2.29. The van der Waals surface area contributed by atoms with Crippen molar-refractivity contribution >= 4 is 5.91 Å². The van der Waals surface area contributed by atoms with E-state index in [1.165, 1.54) is 0 Å². The Morgan fingerprint density at radius 2 is 1.76 bits per heavy atom. The average molecular weight is 335 g/mol. The molecule has 5 heteroatoms. The number of carbonyl (C=O) groups is 1. The molecule has 0 aliphatic carbocycles. The first-order valence-corrected chi connectivity index (χ1v) is 8.28. The summed E-state index contributed by atoms with van der Waals surface area (Å²) in [5, 5.41) is 16.7. The Bertz CT molecular complexity index is 829. The van der Waals surface area contributed by atoms with Gasteiger partial charge in [-0.3, -0.25) is 4.79 Å². The summed E-state index contributed by atoms with van der Waals surface area (Å²) >= 11 is 0. The smallest absolute Gasteiger partial charge is 0.272 e. The van der Waals surface area contributed by atoms with E-state index in [4.69, 9.17) is 0 Å². The molecule has 1 aromatic heterocycles. The highest BCUT2D eigenvalue weighted by Gasteiger charge is 2.18. The van der Waals surface area contributed by atoms with Crippen molar-refractivity contribution in [2.24, 2.45) is 0 Å². The van der Waals surface area contributed by atoms with E-state index in [0.29, 0.717) is 12.1 Å². The summed E-state index contributed by atoms with van der Waals surface area (Å²) in [6.45, 7) is 1.91. The number of aliphatic hydroxyl groups is 1. The van der Waals surface area contributed by atoms with Gasteiger partial charge in [-0.05, 0) is 37.1 Å². The van der Waals surface area contributed by atoms with Gasteiger partial charge >= 0.3 is 0 Å². The van der Waals surface area contributed by atoms with E-state index in [1.54, 1.807) is 10.7 Å². The van der Waals surface area contributed by atoms with Crippen molar-refractivity contribution < 1.29 is 9.90 Å². The normalized spacial score (nSPS) is 11.9. The predicted molar refractivity (Wildman–Crippen MR) is 96.7 cm³/mol. The van der Waals surface area contributed by atoms with Gasteiger partial charge in [0.2, 0.25) is 0 Å². The lowest BCUT2D eigenvalue weighted by Gasteiger charge is -2.17. The molecule has 25 heavy (non-hydrogen) atoms. The summed E-state index contributed by atoms with van der Waals surface area (Å²) in [5.41, 5.74) is 3.12. The summed E-state index contributed by atoms with van der Waals surface area (Å²) in [5.74, 6) is -0.250. The number of hydrogen-bond acceptors (Lipinski definition) is 3. The molecule has 5 nitrogen and oxygen atoms in total. The van der Waals surface area contributed by atoms with Gasteiger partial charge in [-0.2, -0.15) is 5.10 Å². The lowest BCUT2D eigenvalue weighted by atomic mass is 10.0. The predicted octanol–water partition coefficient (Wildman–Crippen LogP) is 3.03. The van der Waals surface area contributed by atoms with Gasteiger partial charge in [-0.15, -0.1) is 0 Å².